The Balaban J connectivity index is 1.11. The predicted molar refractivity (Wildman–Crippen MR) is 177 cm³/mol. The molecule has 1 fully saturated rings. The number of nitrogens with one attached hydrogen (secondary N) is 2. The van der Waals surface area contributed by atoms with Gasteiger partial charge in [0, 0.05) is 62.7 Å². The molecular weight excluding hydrogens is 578 g/mol. The molecule has 1 saturated heterocycles. The quantitative estimate of drug-likeness (QED) is 0.235. The maximum atomic E-state index is 12.8. The normalized spacial score (nSPS) is 14.2. The van der Waals surface area contributed by atoms with Gasteiger partial charge in [0.15, 0.2) is 0 Å². The van der Waals surface area contributed by atoms with E-state index in [0.717, 1.165) is 71.8 Å². The maximum Gasteiger partial charge on any atom is 0.251 e. The number of hydrogen-bond donors (Lipinski definition) is 2. The third-order valence-electron chi connectivity index (χ3n) is 8.93. The Morgan fingerprint density at radius 1 is 1.02 bits per heavy atom. The molecule has 0 saturated carbocycles. The van der Waals surface area contributed by atoms with Crippen LogP contribution in [0.15, 0.2) is 61.1 Å². The van der Waals surface area contributed by atoms with E-state index < -0.39 is 0 Å². The fourth-order valence-corrected chi connectivity index (χ4v) is 6.51. The van der Waals surface area contributed by atoms with Crippen LogP contribution in [0.3, 0.4) is 0 Å². The smallest absolute Gasteiger partial charge is 0.251 e. The molecule has 2 aromatic carbocycles. The van der Waals surface area contributed by atoms with Crippen LogP contribution in [0.25, 0.3) is 22.4 Å². The second-order valence-corrected chi connectivity index (χ2v) is 12.1. The van der Waals surface area contributed by atoms with E-state index in [-0.39, 0.29) is 5.91 Å². The predicted octanol–water partition coefficient (Wildman–Crippen LogP) is 4.54. The van der Waals surface area contributed by atoms with Crippen molar-refractivity contribution in [3.8, 4) is 28.1 Å². The Labute approximate surface area is 268 Å². The van der Waals surface area contributed by atoms with Gasteiger partial charge in [-0.3, -0.25) is 14.2 Å². The fraction of sp³-hybridized carbons (Fsp3) is 0.343. The molecule has 11 nitrogen and oxygen atoms in total. The number of hydrogen-bond acceptors (Lipinski definition) is 8. The molecule has 46 heavy (non-hydrogen) atoms. The molecule has 3 aromatic heterocycles. The summed E-state index contributed by atoms with van der Waals surface area (Å²) in [5.74, 6) is 0.891. The van der Waals surface area contributed by atoms with E-state index in [9.17, 15) is 4.79 Å². The highest BCUT2D eigenvalue weighted by Gasteiger charge is 2.27. The number of amides is 1. The summed E-state index contributed by atoms with van der Waals surface area (Å²) in [4.78, 5) is 24.9. The van der Waals surface area contributed by atoms with Crippen molar-refractivity contribution in [2.75, 3.05) is 38.6 Å². The minimum absolute atomic E-state index is 0.114. The molecule has 1 aliphatic carbocycles. The number of methoxy groups -OCH3 is 1. The molecule has 236 valence electrons. The van der Waals surface area contributed by atoms with Crippen LogP contribution in [-0.2, 0) is 33.4 Å². The van der Waals surface area contributed by atoms with Gasteiger partial charge in [-0.15, -0.1) is 0 Å². The highest BCUT2D eigenvalue weighted by atomic mass is 16.5. The van der Waals surface area contributed by atoms with Gasteiger partial charge in [0.05, 0.1) is 36.1 Å². The zero-order chi connectivity index (χ0) is 31.6. The van der Waals surface area contributed by atoms with Crippen molar-refractivity contribution in [3.05, 3.63) is 89.1 Å². The summed E-state index contributed by atoms with van der Waals surface area (Å²) in [6.07, 6.45) is 10.7. The van der Waals surface area contributed by atoms with Gasteiger partial charge in [0.1, 0.15) is 5.75 Å². The van der Waals surface area contributed by atoms with E-state index in [4.69, 9.17) is 14.8 Å². The zero-order valence-corrected chi connectivity index (χ0v) is 26.6. The Bertz CT molecular complexity index is 1890. The molecule has 7 rings (SSSR count). The molecule has 0 spiro atoms. The number of carbonyl (C=O) groups is 1. The minimum Gasteiger partial charge on any atom is -0.495 e. The summed E-state index contributed by atoms with van der Waals surface area (Å²) in [5, 5.41) is 15.6. The van der Waals surface area contributed by atoms with Gasteiger partial charge in [0.25, 0.3) is 5.91 Å². The highest BCUT2D eigenvalue weighted by molar-refractivity contribution is 5.95. The molecule has 1 amide bonds. The van der Waals surface area contributed by atoms with Gasteiger partial charge in [0.2, 0.25) is 5.95 Å². The zero-order valence-electron chi connectivity index (χ0n) is 26.6. The summed E-state index contributed by atoms with van der Waals surface area (Å²) < 4.78 is 9.48. The Hall–Kier alpha value is -5.03. The number of nitrogens with zero attached hydrogens (tertiary/aromatic N) is 7. The monoisotopic (exact) mass is 617 g/mol. The molecule has 0 radical (unpaired) electrons. The molecule has 0 atom stereocenters. The van der Waals surface area contributed by atoms with E-state index in [1.165, 1.54) is 18.4 Å². The van der Waals surface area contributed by atoms with Crippen LogP contribution >= 0.6 is 0 Å². The topological polar surface area (TPSA) is 115 Å². The van der Waals surface area contributed by atoms with E-state index in [0.29, 0.717) is 35.9 Å². The molecular formula is C35H39N9O2. The molecule has 0 unspecified atom stereocenters. The molecule has 0 bridgehead atoms. The number of anilines is 2. The van der Waals surface area contributed by atoms with Gasteiger partial charge in [-0.05, 0) is 73.7 Å². The Kier molecular flexibility index (Phi) is 8.23. The van der Waals surface area contributed by atoms with Gasteiger partial charge in [-0.2, -0.15) is 10.2 Å². The molecule has 4 heterocycles. The number of rotatable bonds is 10. The van der Waals surface area contributed by atoms with Crippen molar-refractivity contribution in [2.45, 2.75) is 32.1 Å². The first kappa shape index (κ1) is 29.7. The van der Waals surface area contributed by atoms with Gasteiger partial charge in [-0.1, -0.05) is 24.3 Å². The first-order valence-electron chi connectivity index (χ1n) is 15.9. The highest BCUT2D eigenvalue weighted by Crippen LogP contribution is 2.37. The largest absolute Gasteiger partial charge is 0.495 e. The average Bonchev–Trinajstić information content (AvgIpc) is 3.82. The summed E-state index contributed by atoms with van der Waals surface area (Å²) >= 11 is 0. The standard InChI is InChI=1S/C35H39N9O2/c1-42-22-27(21-38-42)24-8-6-7-23(17-24)18-30-32-29(41-43(30)2)12-10-26-20-37-35(40-33(26)32)39-28-11-9-25(19-31(28)46-3)34(45)36-13-16-44-14-4-5-15-44/h6-9,11,17,19-22H,4-5,10,12-16,18H2,1-3H3,(H,36,45)(H,37,39,40). The number of aryl methyl sites for hydroxylation is 4. The SMILES string of the molecule is COc1cc(C(=O)NCCN2CCCC2)ccc1Nc1ncc2c(n1)-c1c(nn(C)c1Cc1cccc(-c3cnn(C)c3)c1)CC2. The van der Waals surface area contributed by atoms with E-state index in [2.05, 4.69) is 49.9 Å². The number of fused-ring (bicyclic) bond motifs is 3. The van der Waals surface area contributed by atoms with Crippen LogP contribution in [0.5, 0.6) is 5.75 Å². The molecule has 5 aromatic rings. The van der Waals surface area contributed by atoms with Crippen LogP contribution in [-0.4, -0.2) is 73.6 Å². The summed E-state index contributed by atoms with van der Waals surface area (Å²) in [6, 6.07) is 14.0. The fourth-order valence-electron chi connectivity index (χ4n) is 6.51. The minimum atomic E-state index is -0.114. The van der Waals surface area contributed by atoms with E-state index in [1.807, 2.05) is 48.1 Å². The van der Waals surface area contributed by atoms with Crippen molar-refractivity contribution in [1.82, 2.24) is 39.7 Å². The van der Waals surface area contributed by atoms with Crippen molar-refractivity contribution in [3.63, 3.8) is 0 Å². The maximum absolute atomic E-state index is 12.8. The molecule has 1 aliphatic heterocycles. The van der Waals surface area contributed by atoms with Crippen LogP contribution < -0.4 is 15.4 Å². The van der Waals surface area contributed by atoms with Crippen LogP contribution in [0.2, 0.25) is 0 Å². The molecule has 2 aliphatic rings. The molecule has 2 N–H and O–H groups in total. The third kappa shape index (κ3) is 6.10. The number of aromatic nitrogens is 6. The lowest BCUT2D eigenvalue weighted by Gasteiger charge is -2.18. The lowest BCUT2D eigenvalue weighted by atomic mass is 9.91. The lowest BCUT2D eigenvalue weighted by molar-refractivity contribution is 0.0949. The van der Waals surface area contributed by atoms with Crippen LogP contribution in [0.4, 0.5) is 11.6 Å². The summed E-state index contributed by atoms with van der Waals surface area (Å²) in [7, 11) is 5.54. The Morgan fingerprint density at radius 2 is 1.89 bits per heavy atom. The van der Waals surface area contributed by atoms with Gasteiger partial charge < -0.3 is 20.3 Å². The van der Waals surface area contributed by atoms with Gasteiger partial charge in [-0.25, -0.2) is 9.97 Å². The van der Waals surface area contributed by atoms with Gasteiger partial charge >= 0.3 is 0 Å². The van der Waals surface area contributed by atoms with Crippen molar-refractivity contribution in [1.29, 1.82) is 0 Å². The first-order chi connectivity index (χ1) is 22.4. The number of likely N-dealkylation sites (tertiary alicyclic amines) is 1. The van der Waals surface area contributed by atoms with Crippen molar-refractivity contribution >= 4 is 17.5 Å². The summed E-state index contributed by atoms with van der Waals surface area (Å²) in [6.45, 7) is 3.71. The van der Waals surface area contributed by atoms with E-state index >= 15 is 0 Å². The Morgan fingerprint density at radius 3 is 2.70 bits per heavy atom. The van der Waals surface area contributed by atoms with E-state index in [1.54, 1.807) is 19.2 Å². The average molecular weight is 618 g/mol. The first-order valence-corrected chi connectivity index (χ1v) is 15.9. The van der Waals surface area contributed by atoms with Crippen LogP contribution in [0.1, 0.15) is 45.7 Å². The summed E-state index contributed by atoms with van der Waals surface area (Å²) in [5.41, 5.74) is 9.89. The number of carbonyl (C=O) groups excluding carboxylic acids is 1. The third-order valence-corrected chi connectivity index (χ3v) is 8.93. The lowest BCUT2D eigenvalue weighted by Crippen LogP contribution is -2.33. The second-order valence-electron chi connectivity index (χ2n) is 12.1. The number of ether oxygens (including phenoxy) is 1. The van der Waals surface area contributed by atoms with Crippen molar-refractivity contribution in [2.24, 2.45) is 14.1 Å². The number of benzene rings is 2. The van der Waals surface area contributed by atoms with Crippen molar-refractivity contribution < 1.29 is 9.53 Å². The second kappa shape index (κ2) is 12.8. The van der Waals surface area contributed by atoms with Crippen LogP contribution in [0, 0.1) is 0 Å². The molecule has 11 heteroatoms.